The van der Waals surface area contributed by atoms with Crippen molar-refractivity contribution in [1.29, 1.82) is 0 Å². The number of phenolic OH excluding ortho intramolecular Hbond substituents is 1. The quantitative estimate of drug-likeness (QED) is 0.370. The van der Waals surface area contributed by atoms with Crippen molar-refractivity contribution in [3.8, 4) is 5.75 Å². The highest BCUT2D eigenvalue weighted by Crippen LogP contribution is 2.54. The summed E-state index contributed by atoms with van der Waals surface area (Å²) in [5.74, 6) is -0.0335. The molecule has 3 aromatic carbocycles. The van der Waals surface area contributed by atoms with Gasteiger partial charge in [-0.1, -0.05) is 66.7 Å². The summed E-state index contributed by atoms with van der Waals surface area (Å²) in [6, 6.07) is 22.5. The monoisotopic (exact) mass is 450 g/mol. The van der Waals surface area contributed by atoms with Crippen LogP contribution in [-0.2, 0) is 18.5 Å². The molecule has 0 unspecified atom stereocenters. The molecule has 0 saturated heterocycles. The lowest BCUT2D eigenvalue weighted by Crippen LogP contribution is -2.35. The topological polar surface area (TPSA) is 35.5 Å². The molecule has 166 valence electrons. The third-order valence-electron chi connectivity index (χ3n) is 6.21. The number of benzene rings is 3. The van der Waals surface area contributed by atoms with Crippen LogP contribution in [0.2, 0.25) is 5.02 Å². The molecule has 0 amide bonds. The molecule has 0 spiro atoms. The van der Waals surface area contributed by atoms with Crippen LogP contribution in [-0.4, -0.2) is 23.1 Å². The molecule has 0 aromatic heterocycles. The highest BCUT2D eigenvalue weighted by atomic mass is 35.5. The fourth-order valence-corrected chi connectivity index (χ4v) is 4.31. The first-order chi connectivity index (χ1) is 15.5. The van der Waals surface area contributed by atoms with Gasteiger partial charge in [-0.25, -0.2) is 4.39 Å². The third-order valence-corrected chi connectivity index (χ3v) is 6.45. The number of rotatable bonds is 10. The second-order valence-electron chi connectivity index (χ2n) is 8.40. The fourth-order valence-electron chi connectivity index (χ4n) is 4.15. The molecule has 1 fully saturated rings. The van der Waals surface area contributed by atoms with Gasteiger partial charge in [0.25, 0.3) is 0 Å². The van der Waals surface area contributed by atoms with Gasteiger partial charge in [0.2, 0.25) is 0 Å². The van der Waals surface area contributed by atoms with Gasteiger partial charge in [-0.3, -0.25) is 0 Å². The first kappa shape index (κ1) is 22.4. The van der Waals surface area contributed by atoms with E-state index in [2.05, 4.69) is 41.1 Å². The molecule has 32 heavy (non-hydrogen) atoms. The van der Waals surface area contributed by atoms with Crippen LogP contribution in [0.5, 0.6) is 5.75 Å². The molecule has 3 aromatic rings. The van der Waals surface area contributed by atoms with Crippen LogP contribution in [0.25, 0.3) is 0 Å². The van der Waals surface area contributed by atoms with Crippen molar-refractivity contribution in [1.82, 2.24) is 10.2 Å². The molecule has 0 aliphatic heterocycles. The maximum Gasteiger partial charge on any atom is 0.129 e. The average molecular weight is 451 g/mol. The molecule has 0 heterocycles. The van der Waals surface area contributed by atoms with E-state index in [4.69, 9.17) is 11.6 Å². The Bertz CT molecular complexity index is 1060. The number of nitrogens with zero attached hydrogens (tertiary/aromatic N) is 1. The number of allylic oxidation sites excluding steroid dienone is 1. The van der Waals surface area contributed by atoms with Crippen LogP contribution in [0.3, 0.4) is 0 Å². The minimum Gasteiger partial charge on any atom is -0.508 e. The Morgan fingerprint density at radius 3 is 2.44 bits per heavy atom. The molecule has 0 radical (unpaired) electrons. The smallest absolute Gasteiger partial charge is 0.129 e. The van der Waals surface area contributed by atoms with Crippen LogP contribution < -0.4 is 5.32 Å². The van der Waals surface area contributed by atoms with Gasteiger partial charge < -0.3 is 15.3 Å². The summed E-state index contributed by atoms with van der Waals surface area (Å²) in [5, 5.41) is 13.3. The van der Waals surface area contributed by atoms with E-state index in [-0.39, 0.29) is 17.0 Å². The maximum atomic E-state index is 14.6. The third kappa shape index (κ3) is 5.14. The standard InChI is InChI=1S/C27H28ClFN2O/c1-20(27(13-14-27)23-5-3-2-4-6-23)31(19-22-9-10-24(28)17-26(22)29)16-15-30-18-21-7-11-25(32)12-8-21/h2-12,17,30,32H,1,13-16,18-19H2. The van der Waals surface area contributed by atoms with E-state index in [9.17, 15) is 9.50 Å². The van der Waals surface area contributed by atoms with Gasteiger partial charge in [-0.2, -0.15) is 0 Å². The van der Waals surface area contributed by atoms with Crippen molar-refractivity contribution in [2.45, 2.75) is 31.3 Å². The SMILES string of the molecule is C=C(N(CCNCc1ccc(O)cc1)Cc1ccc(Cl)cc1F)C1(c2ccccc2)CC1. The summed E-state index contributed by atoms with van der Waals surface area (Å²) in [5.41, 5.74) is 3.94. The van der Waals surface area contributed by atoms with Crippen LogP contribution in [0.1, 0.15) is 29.5 Å². The summed E-state index contributed by atoms with van der Waals surface area (Å²) in [4.78, 5) is 2.19. The second kappa shape index (κ2) is 9.76. The van der Waals surface area contributed by atoms with E-state index >= 15 is 0 Å². The Labute approximate surface area is 194 Å². The van der Waals surface area contributed by atoms with Gasteiger partial charge in [-0.05, 0) is 48.2 Å². The Morgan fingerprint density at radius 2 is 1.78 bits per heavy atom. The lowest BCUT2D eigenvalue weighted by molar-refractivity contribution is 0.303. The Kier molecular flexibility index (Phi) is 6.83. The van der Waals surface area contributed by atoms with Gasteiger partial charge in [0.1, 0.15) is 11.6 Å². The van der Waals surface area contributed by atoms with Crippen molar-refractivity contribution in [3.05, 3.63) is 113 Å². The first-order valence-corrected chi connectivity index (χ1v) is 11.3. The van der Waals surface area contributed by atoms with Gasteiger partial charge in [0.15, 0.2) is 0 Å². The molecular formula is C27H28ClFN2O. The van der Waals surface area contributed by atoms with Crippen LogP contribution >= 0.6 is 11.6 Å². The summed E-state index contributed by atoms with van der Waals surface area (Å²) in [6.07, 6.45) is 2.10. The number of nitrogens with one attached hydrogen (secondary N) is 1. The number of hydrogen-bond donors (Lipinski definition) is 2. The van der Waals surface area contributed by atoms with Crippen LogP contribution in [0.15, 0.2) is 85.1 Å². The number of aromatic hydroxyl groups is 1. The highest BCUT2D eigenvalue weighted by Gasteiger charge is 2.48. The second-order valence-corrected chi connectivity index (χ2v) is 8.83. The van der Waals surface area contributed by atoms with Gasteiger partial charge in [0, 0.05) is 47.9 Å². The Morgan fingerprint density at radius 1 is 1.06 bits per heavy atom. The van der Waals surface area contributed by atoms with E-state index in [1.807, 2.05) is 18.2 Å². The highest BCUT2D eigenvalue weighted by molar-refractivity contribution is 6.30. The van der Waals surface area contributed by atoms with Crippen LogP contribution in [0, 0.1) is 5.82 Å². The van der Waals surface area contributed by atoms with Gasteiger partial charge in [0.05, 0.1) is 0 Å². The predicted octanol–water partition coefficient (Wildman–Crippen LogP) is 6.02. The van der Waals surface area contributed by atoms with E-state index in [1.165, 1.54) is 11.6 Å². The zero-order valence-corrected chi connectivity index (χ0v) is 18.8. The Hall–Kier alpha value is -2.82. The fraction of sp³-hybridized carbons (Fsp3) is 0.259. The molecule has 4 rings (SSSR count). The molecular weight excluding hydrogens is 423 g/mol. The molecule has 2 N–H and O–H groups in total. The maximum absolute atomic E-state index is 14.6. The molecule has 1 aliphatic carbocycles. The minimum atomic E-state index is -0.295. The summed E-state index contributed by atoms with van der Waals surface area (Å²) in [6.45, 7) is 7.04. The van der Waals surface area contributed by atoms with Crippen molar-refractivity contribution in [2.24, 2.45) is 0 Å². The molecule has 5 heteroatoms. The molecule has 1 saturated carbocycles. The lowest BCUT2D eigenvalue weighted by atomic mass is 9.91. The van der Waals surface area contributed by atoms with E-state index < -0.39 is 0 Å². The van der Waals surface area contributed by atoms with E-state index in [1.54, 1.807) is 24.3 Å². The minimum absolute atomic E-state index is 0.0683. The number of phenols is 1. The van der Waals surface area contributed by atoms with E-state index in [0.717, 1.165) is 30.6 Å². The molecule has 0 atom stereocenters. The van der Waals surface area contributed by atoms with Gasteiger partial charge in [-0.15, -0.1) is 0 Å². The summed E-state index contributed by atoms with van der Waals surface area (Å²) >= 11 is 5.95. The molecule has 1 aliphatic rings. The predicted molar refractivity (Wildman–Crippen MR) is 128 cm³/mol. The first-order valence-electron chi connectivity index (χ1n) is 10.9. The summed E-state index contributed by atoms with van der Waals surface area (Å²) in [7, 11) is 0. The van der Waals surface area contributed by atoms with Gasteiger partial charge >= 0.3 is 0 Å². The normalized spacial score (nSPS) is 14.2. The largest absolute Gasteiger partial charge is 0.508 e. The molecule has 3 nitrogen and oxygen atoms in total. The lowest BCUT2D eigenvalue weighted by Gasteiger charge is -2.33. The van der Waals surface area contributed by atoms with Crippen molar-refractivity contribution in [3.63, 3.8) is 0 Å². The van der Waals surface area contributed by atoms with Crippen molar-refractivity contribution >= 4 is 11.6 Å². The van der Waals surface area contributed by atoms with Crippen molar-refractivity contribution in [2.75, 3.05) is 13.1 Å². The van der Waals surface area contributed by atoms with E-state index in [0.29, 0.717) is 30.2 Å². The molecule has 0 bridgehead atoms. The average Bonchev–Trinajstić information content (AvgIpc) is 3.61. The zero-order chi connectivity index (χ0) is 22.6. The number of hydrogen-bond acceptors (Lipinski definition) is 3. The zero-order valence-electron chi connectivity index (χ0n) is 18.0. The van der Waals surface area contributed by atoms with Crippen molar-refractivity contribution < 1.29 is 9.50 Å². The Balaban J connectivity index is 1.47. The number of halogens is 2. The van der Waals surface area contributed by atoms with Crippen LogP contribution in [0.4, 0.5) is 4.39 Å². The summed E-state index contributed by atoms with van der Waals surface area (Å²) < 4.78 is 14.6.